The van der Waals surface area contributed by atoms with E-state index < -0.39 is 18.1 Å². The molecule has 0 saturated heterocycles. The van der Waals surface area contributed by atoms with Crippen molar-refractivity contribution < 1.29 is 8.42 Å². The van der Waals surface area contributed by atoms with Crippen LogP contribution in [0.3, 0.4) is 0 Å². The molecule has 126 valence electrons. The lowest BCUT2D eigenvalue weighted by Crippen LogP contribution is -2.31. The monoisotopic (exact) mass is 349 g/mol. The van der Waals surface area contributed by atoms with Gasteiger partial charge in [-0.15, -0.1) is 6.42 Å². The highest BCUT2D eigenvalue weighted by atomic mass is 32.2. The van der Waals surface area contributed by atoms with Gasteiger partial charge in [-0.1, -0.05) is 68.4 Å². The molecule has 5 heteroatoms. The first-order valence-corrected chi connectivity index (χ1v) is 13.1. The molecule has 3 nitrogen and oxygen atoms in total. The summed E-state index contributed by atoms with van der Waals surface area (Å²) in [5, 5.41) is 0. The summed E-state index contributed by atoms with van der Waals surface area (Å²) in [7, 11) is -4.53. The zero-order chi connectivity index (χ0) is 17.3. The quantitative estimate of drug-likeness (QED) is 0.293. The lowest BCUT2D eigenvalue weighted by atomic mass is 10.3. The second kappa shape index (κ2) is 9.07. The molecule has 0 aromatic heterocycles. The van der Waals surface area contributed by atoms with Crippen LogP contribution in [0.15, 0.2) is 47.4 Å². The molecule has 0 bridgehead atoms. The second-order valence-corrected chi connectivity index (χ2v) is 14.3. The molecule has 0 unspecified atom stereocenters. The highest BCUT2D eigenvalue weighted by Gasteiger charge is 2.22. The molecule has 23 heavy (non-hydrogen) atoms. The van der Waals surface area contributed by atoms with Crippen molar-refractivity contribution in [1.29, 1.82) is 0 Å². The summed E-state index contributed by atoms with van der Waals surface area (Å²) in [6.45, 7) is 7.47. The molecule has 0 fully saturated rings. The summed E-state index contributed by atoms with van der Waals surface area (Å²) >= 11 is 0. The third-order valence-corrected chi connectivity index (χ3v) is 7.10. The Morgan fingerprint density at radius 1 is 1.17 bits per heavy atom. The van der Waals surface area contributed by atoms with Crippen molar-refractivity contribution >= 4 is 18.1 Å². The highest BCUT2D eigenvalue weighted by molar-refractivity contribution is 7.89. The number of hydrogen-bond donors (Lipinski definition) is 0. The Morgan fingerprint density at radius 3 is 2.39 bits per heavy atom. The second-order valence-electron chi connectivity index (χ2n) is 6.74. The van der Waals surface area contributed by atoms with Gasteiger partial charge in [0.15, 0.2) is 0 Å². The van der Waals surface area contributed by atoms with Crippen LogP contribution < -0.4 is 0 Å². The molecular weight excluding hydrogens is 322 g/mol. The van der Waals surface area contributed by atoms with Gasteiger partial charge >= 0.3 is 0 Å². The van der Waals surface area contributed by atoms with Gasteiger partial charge < -0.3 is 0 Å². The lowest BCUT2D eigenvalue weighted by Gasteiger charge is -2.18. The van der Waals surface area contributed by atoms with Gasteiger partial charge in [0.2, 0.25) is 10.0 Å². The van der Waals surface area contributed by atoms with Crippen LogP contribution in [0.5, 0.6) is 0 Å². The Balaban J connectivity index is 2.64. The third-order valence-electron chi connectivity index (χ3n) is 3.42. The predicted molar refractivity (Wildman–Crippen MR) is 101 cm³/mol. The predicted octanol–water partition coefficient (Wildman–Crippen LogP) is 3.99. The maximum atomic E-state index is 12.6. The van der Waals surface area contributed by atoms with Crippen molar-refractivity contribution in [2.75, 3.05) is 13.1 Å². The maximum absolute atomic E-state index is 12.6. The van der Waals surface area contributed by atoms with Crippen molar-refractivity contribution in [1.82, 2.24) is 4.31 Å². The number of sulfonamides is 1. The van der Waals surface area contributed by atoms with Gasteiger partial charge in [-0.2, -0.15) is 4.31 Å². The zero-order valence-electron chi connectivity index (χ0n) is 14.3. The first-order valence-electron chi connectivity index (χ1n) is 7.91. The molecule has 0 spiro atoms. The summed E-state index contributed by atoms with van der Waals surface area (Å²) in [5.74, 6) is 2.43. The standard InChI is InChI=1S/C18H27NO2SSi/c1-5-15-19(16-11-6-7-12-17-23(2,3)4)22(20,21)18-13-9-8-10-14-18/h1,6,8-11,13-14H,7,12,15-17H2,2-4H3/b11-6+. The van der Waals surface area contributed by atoms with E-state index in [1.54, 1.807) is 30.3 Å². The van der Waals surface area contributed by atoms with Crippen LogP contribution in [-0.4, -0.2) is 33.9 Å². The Hall–Kier alpha value is -1.35. The van der Waals surface area contributed by atoms with Crippen molar-refractivity contribution in [3.05, 3.63) is 42.5 Å². The van der Waals surface area contributed by atoms with E-state index in [1.165, 1.54) is 10.3 Å². The number of hydrogen-bond acceptors (Lipinski definition) is 2. The van der Waals surface area contributed by atoms with Gasteiger partial charge in [0, 0.05) is 14.6 Å². The molecule has 0 aliphatic rings. The molecular formula is C18H27NO2SSi. The van der Waals surface area contributed by atoms with E-state index in [9.17, 15) is 8.42 Å². The molecule has 0 N–H and O–H groups in total. The van der Waals surface area contributed by atoms with Gasteiger partial charge in [0.05, 0.1) is 11.4 Å². The van der Waals surface area contributed by atoms with Crippen molar-refractivity contribution in [2.24, 2.45) is 0 Å². The van der Waals surface area contributed by atoms with E-state index in [-0.39, 0.29) is 11.4 Å². The molecule has 1 rings (SSSR count). The van der Waals surface area contributed by atoms with E-state index in [0.29, 0.717) is 6.54 Å². The van der Waals surface area contributed by atoms with Crippen LogP contribution in [0.4, 0.5) is 0 Å². The first-order chi connectivity index (χ1) is 10.8. The Kier molecular flexibility index (Phi) is 7.76. The summed E-state index contributed by atoms with van der Waals surface area (Å²) in [6, 6.07) is 9.70. The minimum atomic E-state index is -3.53. The number of rotatable bonds is 9. The van der Waals surface area contributed by atoms with Crippen LogP contribution in [-0.2, 0) is 10.0 Å². The summed E-state index contributed by atoms with van der Waals surface area (Å²) in [6.07, 6.45) is 11.4. The molecule has 0 saturated carbocycles. The molecule has 0 amide bonds. The zero-order valence-corrected chi connectivity index (χ0v) is 16.1. The molecule has 1 aromatic carbocycles. The van der Waals surface area contributed by atoms with Crippen LogP contribution in [0.25, 0.3) is 0 Å². The Morgan fingerprint density at radius 2 is 1.83 bits per heavy atom. The third kappa shape index (κ3) is 7.17. The topological polar surface area (TPSA) is 37.4 Å². The van der Waals surface area contributed by atoms with E-state index in [2.05, 4.69) is 31.6 Å². The fourth-order valence-electron chi connectivity index (χ4n) is 2.15. The number of terminal acetylenes is 1. The molecule has 1 aromatic rings. The average Bonchev–Trinajstić information content (AvgIpc) is 2.49. The van der Waals surface area contributed by atoms with Crippen LogP contribution in [0, 0.1) is 12.3 Å². The minimum Gasteiger partial charge on any atom is -0.207 e. The molecule has 0 radical (unpaired) electrons. The Bertz CT molecular complexity index is 640. The van der Waals surface area contributed by atoms with Gasteiger partial charge in [-0.05, 0) is 18.6 Å². The summed E-state index contributed by atoms with van der Waals surface area (Å²) < 4.78 is 26.5. The lowest BCUT2D eigenvalue weighted by molar-refractivity contribution is 0.478. The van der Waals surface area contributed by atoms with Crippen molar-refractivity contribution in [3.8, 4) is 12.3 Å². The van der Waals surface area contributed by atoms with Gasteiger partial charge in [0.1, 0.15) is 0 Å². The summed E-state index contributed by atoms with van der Waals surface area (Å²) in [5.41, 5.74) is 0. The van der Waals surface area contributed by atoms with Crippen molar-refractivity contribution in [2.45, 2.75) is 43.4 Å². The van der Waals surface area contributed by atoms with Crippen LogP contribution in [0.2, 0.25) is 25.7 Å². The van der Waals surface area contributed by atoms with Crippen LogP contribution in [0.1, 0.15) is 12.8 Å². The van der Waals surface area contributed by atoms with Gasteiger partial charge in [0.25, 0.3) is 0 Å². The fourth-order valence-corrected chi connectivity index (χ4v) is 4.74. The smallest absolute Gasteiger partial charge is 0.207 e. The van der Waals surface area contributed by atoms with Crippen LogP contribution >= 0.6 is 0 Å². The van der Waals surface area contributed by atoms with Crippen molar-refractivity contribution in [3.63, 3.8) is 0 Å². The largest absolute Gasteiger partial charge is 0.244 e. The number of nitrogens with zero attached hydrogens (tertiary/aromatic N) is 1. The maximum Gasteiger partial charge on any atom is 0.244 e. The number of benzene rings is 1. The average molecular weight is 350 g/mol. The normalized spacial score (nSPS) is 12.7. The minimum absolute atomic E-state index is 0.0798. The van der Waals surface area contributed by atoms with E-state index in [4.69, 9.17) is 6.42 Å². The Labute approximate surface area is 142 Å². The van der Waals surface area contributed by atoms with E-state index in [0.717, 1.165) is 12.8 Å². The van der Waals surface area contributed by atoms with E-state index >= 15 is 0 Å². The number of unbranched alkanes of at least 4 members (excludes halogenated alkanes) is 1. The molecule has 0 aliphatic carbocycles. The molecule has 0 aliphatic heterocycles. The SMILES string of the molecule is C#CCN(C/C=C/CCC[Si](C)(C)C)S(=O)(=O)c1ccccc1. The molecule has 0 atom stereocenters. The molecule has 0 heterocycles. The fraction of sp³-hybridized carbons (Fsp3) is 0.444. The number of allylic oxidation sites excluding steroid dienone is 1. The van der Waals surface area contributed by atoms with Gasteiger partial charge in [-0.25, -0.2) is 8.42 Å². The highest BCUT2D eigenvalue weighted by Crippen LogP contribution is 2.15. The van der Waals surface area contributed by atoms with E-state index in [1.807, 2.05) is 6.08 Å². The van der Waals surface area contributed by atoms with Gasteiger partial charge in [-0.3, -0.25) is 0 Å². The summed E-state index contributed by atoms with van der Waals surface area (Å²) in [4.78, 5) is 0.280. The first kappa shape index (κ1) is 19.7.